The molecule has 23 heavy (non-hydrogen) atoms. The zero-order valence-electron chi connectivity index (χ0n) is 11.9. The van der Waals surface area contributed by atoms with Crippen LogP contribution in [0.25, 0.3) is 0 Å². The molecule has 1 amide bonds. The smallest absolute Gasteiger partial charge is 0.324 e. The van der Waals surface area contributed by atoms with E-state index in [1.54, 1.807) is 0 Å². The van der Waals surface area contributed by atoms with Gasteiger partial charge in [-0.3, -0.25) is 18.7 Å². The number of benzene rings is 1. The Labute approximate surface area is 130 Å². The summed E-state index contributed by atoms with van der Waals surface area (Å²) in [4.78, 5) is 34.3. The molecule has 8 nitrogen and oxygen atoms in total. The van der Waals surface area contributed by atoms with Crippen molar-refractivity contribution in [1.82, 2.24) is 9.13 Å². The SMILES string of the molecule is Cn1c(=O)ccn(CC(=O)Nc2cccc(S(=O)(=O)F)c2)c1=O. The standard InChI is InChI=1S/C13H12FN3O5S/c1-16-12(19)5-6-17(13(16)20)8-11(18)15-9-3-2-4-10(7-9)23(14,21)22/h2-7H,8H2,1H3,(H,15,18). The molecule has 0 aliphatic heterocycles. The highest BCUT2D eigenvalue weighted by Gasteiger charge is 2.13. The van der Waals surface area contributed by atoms with E-state index in [-0.39, 0.29) is 12.2 Å². The number of hydrogen-bond acceptors (Lipinski definition) is 5. The van der Waals surface area contributed by atoms with Crippen LogP contribution in [-0.4, -0.2) is 23.5 Å². The maximum atomic E-state index is 12.9. The summed E-state index contributed by atoms with van der Waals surface area (Å²) in [5, 5.41) is 2.35. The van der Waals surface area contributed by atoms with Crippen molar-refractivity contribution in [3.05, 3.63) is 57.4 Å². The second kappa shape index (κ2) is 6.16. The van der Waals surface area contributed by atoms with E-state index in [2.05, 4.69) is 5.32 Å². The highest BCUT2D eigenvalue weighted by molar-refractivity contribution is 7.86. The molecule has 10 heteroatoms. The molecule has 0 saturated carbocycles. The Morgan fingerprint density at radius 3 is 2.61 bits per heavy atom. The van der Waals surface area contributed by atoms with Crippen molar-refractivity contribution in [3.8, 4) is 0 Å². The predicted molar refractivity (Wildman–Crippen MR) is 79.3 cm³/mol. The van der Waals surface area contributed by atoms with Gasteiger partial charge in [0.05, 0.1) is 0 Å². The molecule has 2 rings (SSSR count). The molecule has 0 radical (unpaired) electrons. The number of anilines is 1. The Balaban J connectivity index is 2.20. The molecule has 0 bridgehead atoms. The molecule has 1 aromatic carbocycles. The van der Waals surface area contributed by atoms with Gasteiger partial charge in [-0.1, -0.05) is 6.07 Å². The number of carbonyl (C=O) groups excluding carboxylic acids is 1. The summed E-state index contributed by atoms with van der Waals surface area (Å²) in [6.07, 6.45) is 1.17. The quantitative estimate of drug-likeness (QED) is 0.778. The van der Waals surface area contributed by atoms with Crippen LogP contribution in [0, 0.1) is 0 Å². The molecule has 1 aromatic heterocycles. The third kappa shape index (κ3) is 3.92. The normalized spacial score (nSPS) is 11.2. The third-order valence-corrected chi connectivity index (χ3v) is 3.79. The Morgan fingerprint density at radius 1 is 1.26 bits per heavy atom. The number of nitrogens with zero attached hydrogens (tertiary/aromatic N) is 2. The Morgan fingerprint density at radius 2 is 1.96 bits per heavy atom. The van der Waals surface area contributed by atoms with Crippen molar-refractivity contribution in [2.75, 3.05) is 5.32 Å². The Hall–Kier alpha value is -2.75. The van der Waals surface area contributed by atoms with Gasteiger partial charge in [0.1, 0.15) is 11.4 Å². The van der Waals surface area contributed by atoms with Crippen LogP contribution in [0.3, 0.4) is 0 Å². The Kier molecular flexibility index (Phi) is 4.45. The van der Waals surface area contributed by atoms with Gasteiger partial charge in [-0.05, 0) is 18.2 Å². The maximum absolute atomic E-state index is 12.9. The predicted octanol–water partition coefficient (Wildman–Crippen LogP) is -0.156. The van der Waals surface area contributed by atoms with Crippen LogP contribution in [-0.2, 0) is 28.6 Å². The van der Waals surface area contributed by atoms with Gasteiger partial charge in [0, 0.05) is 25.0 Å². The highest BCUT2D eigenvalue weighted by atomic mass is 32.3. The van der Waals surface area contributed by atoms with Crippen molar-refractivity contribution in [1.29, 1.82) is 0 Å². The first-order valence-corrected chi connectivity index (χ1v) is 7.68. The van der Waals surface area contributed by atoms with Gasteiger partial charge < -0.3 is 5.32 Å². The van der Waals surface area contributed by atoms with Crippen LogP contribution < -0.4 is 16.6 Å². The first-order valence-electron chi connectivity index (χ1n) is 6.29. The Bertz CT molecular complexity index is 978. The fourth-order valence-corrected chi connectivity index (χ4v) is 2.33. The van der Waals surface area contributed by atoms with Crippen molar-refractivity contribution in [2.24, 2.45) is 7.05 Å². The van der Waals surface area contributed by atoms with Crippen molar-refractivity contribution in [2.45, 2.75) is 11.4 Å². The molecule has 0 fully saturated rings. The second-order valence-corrected chi connectivity index (χ2v) is 5.98. The third-order valence-electron chi connectivity index (χ3n) is 2.97. The average Bonchev–Trinajstić information content (AvgIpc) is 2.47. The van der Waals surface area contributed by atoms with Gasteiger partial charge in [-0.25, -0.2) is 4.79 Å². The lowest BCUT2D eigenvalue weighted by atomic mass is 10.3. The lowest BCUT2D eigenvalue weighted by molar-refractivity contribution is -0.116. The molecule has 1 N–H and O–H groups in total. The monoisotopic (exact) mass is 341 g/mol. The number of nitrogens with one attached hydrogen (secondary N) is 1. The van der Waals surface area contributed by atoms with Crippen LogP contribution in [0.15, 0.2) is 51.0 Å². The van der Waals surface area contributed by atoms with E-state index in [0.717, 1.165) is 27.3 Å². The number of halogens is 1. The largest absolute Gasteiger partial charge is 0.332 e. The van der Waals surface area contributed by atoms with E-state index in [0.29, 0.717) is 0 Å². The van der Waals surface area contributed by atoms with Crippen LogP contribution in [0.5, 0.6) is 0 Å². The fourth-order valence-electron chi connectivity index (χ4n) is 1.82. The van der Waals surface area contributed by atoms with Crippen molar-refractivity contribution < 1.29 is 17.1 Å². The van der Waals surface area contributed by atoms with E-state index in [1.165, 1.54) is 25.4 Å². The summed E-state index contributed by atoms with van der Waals surface area (Å²) >= 11 is 0. The molecular weight excluding hydrogens is 329 g/mol. The van der Waals surface area contributed by atoms with E-state index >= 15 is 0 Å². The van der Waals surface area contributed by atoms with E-state index in [9.17, 15) is 26.7 Å². The van der Waals surface area contributed by atoms with Crippen LogP contribution in [0.4, 0.5) is 9.57 Å². The molecule has 0 atom stereocenters. The molecule has 122 valence electrons. The average molecular weight is 341 g/mol. The summed E-state index contributed by atoms with van der Waals surface area (Å²) in [5.74, 6) is -0.640. The number of amides is 1. The topological polar surface area (TPSA) is 107 Å². The molecule has 0 saturated heterocycles. The van der Waals surface area contributed by atoms with Gasteiger partial charge >= 0.3 is 15.9 Å². The molecule has 0 aliphatic carbocycles. The molecular formula is C13H12FN3O5S. The first kappa shape index (κ1) is 16.6. The van der Waals surface area contributed by atoms with Gasteiger partial charge in [-0.2, -0.15) is 8.42 Å². The van der Waals surface area contributed by atoms with E-state index in [1.807, 2.05) is 0 Å². The number of hydrogen-bond donors (Lipinski definition) is 1. The van der Waals surface area contributed by atoms with Crippen molar-refractivity contribution >= 4 is 21.8 Å². The summed E-state index contributed by atoms with van der Waals surface area (Å²) < 4.78 is 36.4. The lowest BCUT2D eigenvalue weighted by Gasteiger charge is -2.08. The second-order valence-electron chi connectivity index (χ2n) is 4.64. The number of rotatable bonds is 4. The zero-order chi connectivity index (χ0) is 17.2. The van der Waals surface area contributed by atoms with Crippen molar-refractivity contribution in [3.63, 3.8) is 0 Å². The first-order chi connectivity index (χ1) is 10.7. The molecule has 1 heterocycles. The fraction of sp³-hybridized carbons (Fsp3) is 0.154. The minimum absolute atomic E-state index is 0.0617. The molecule has 0 spiro atoms. The minimum Gasteiger partial charge on any atom is -0.324 e. The van der Waals surface area contributed by atoms with Gasteiger partial charge in [-0.15, -0.1) is 3.89 Å². The number of aromatic nitrogens is 2. The number of carbonyl (C=O) groups is 1. The van der Waals surface area contributed by atoms with Crippen LogP contribution in [0.2, 0.25) is 0 Å². The van der Waals surface area contributed by atoms with E-state index in [4.69, 9.17) is 0 Å². The van der Waals surface area contributed by atoms with Crippen LogP contribution in [0.1, 0.15) is 0 Å². The maximum Gasteiger partial charge on any atom is 0.332 e. The summed E-state index contributed by atoms with van der Waals surface area (Å²) in [5.41, 5.74) is -1.12. The summed E-state index contributed by atoms with van der Waals surface area (Å²) in [6, 6.07) is 5.76. The van der Waals surface area contributed by atoms with E-state index < -0.39 is 32.3 Å². The summed E-state index contributed by atoms with van der Waals surface area (Å²) in [7, 11) is -3.61. The summed E-state index contributed by atoms with van der Waals surface area (Å²) in [6.45, 7) is -0.389. The van der Waals surface area contributed by atoms with Gasteiger partial charge in [0.2, 0.25) is 5.91 Å². The minimum atomic E-state index is -4.88. The molecule has 2 aromatic rings. The van der Waals surface area contributed by atoms with Crippen LogP contribution >= 0.6 is 0 Å². The lowest BCUT2D eigenvalue weighted by Crippen LogP contribution is -2.38. The molecule has 0 aliphatic rings. The highest BCUT2D eigenvalue weighted by Crippen LogP contribution is 2.17. The van der Waals surface area contributed by atoms with Gasteiger partial charge in [0.25, 0.3) is 5.56 Å². The zero-order valence-corrected chi connectivity index (χ0v) is 12.7. The van der Waals surface area contributed by atoms with Gasteiger partial charge in [0.15, 0.2) is 0 Å². The molecule has 0 unspecified atom stereocenters.